The number of nitroso groups, excluding NO2 is 1. The van der Waals surface area contributed by atoms with Gasteiger partial charge in [0, 0.05) is 6.42 Å². The van der Waals surface area contributed by atoms with Crippen LogP contribution in [-0.4, -0.2) is 11.8 Å². The van der Waals surface area contributed by atoms with Gasteiger partial charge in [0.1, 0.15) is 5.78 Å². The van der Waals surface area contributed by atoms with E-state index in [1.165, 1.54) is 51.4 Å². The Morgan fingerprint density at radius 2 is 1.73 bits per heavy atom. The number of rotatable bonds is 9. The van der Waals surface area contributed by atoms with Crippen LogP contribution in [0.15, 0.2) is 5.18 Å². The minimum Gasteiger partial charge on any atom is -0.300 e. The van der Waals surface area contributed by atoms with E-state index in [-0.39, 0.29) is 17.2 Å². The Kier molecular flexibility index (Phi) is 7.50. The molecule has 0 N–H and O–H groups in total. The number of nitrogens with zero attached hydrogens (tertiary/aromatic N) is 1. The molecular formula is C27H47NO2. The molecule has 3 aliphatic rings. The molecule has 0 radical (unpaired) electrons. The number of carbonyl (C=O) groups excluding carboxylic acids is 1. The Labute approximate surface area is 185 Å². The van der Waals surface area contributed by atoms with Gasteiger partial charge in [-0.3, -0.25) is 0 Å². The first kappa shape index (κ1) is 23.9. The second-order valence-corrected chi connectivity index (χ2v) is 12.3. The van der Waals surface area contributed by atoms with Crippen LogP contribution in [0.1, 0.15) is 112 Å². The molecule has 3 nitrogen and oxygen atoms in total. The fourth-order valence-corrected chi connectivity index (χ4v) is 8.43. The predicted molar refractivity (Wildman–Crippen MR) is 125 cm³/mol. The van der Waals surface area contributed by atoms with Gasteiger partial charge in [0.15, 0.2) is 0 Å². The lowest BCUT2D eigenvalue weighted by Crippen LogP contribution is -2.53. The molecule has 172 valence electrons. The number of ketones is 1. The van der Waals surface area contributed by atoms with Gasteiger partial charge in [-0.2, -0.15) is 4.91 Å². The summed E-state index contributed by atoms with van der Waals surface area (Å²) in [6.07, 6.45) is 13.0. The first-order valence-corrected chi connectivity index (χ1v) is 13.0. The Bertz CT molecular complexity index is 616. The highest BCUT2D eigenvalue weighted by Crippen LogP contribution is 2.66. The molecule has 0 amide bonds. The van der Waals surface area contributed by atoms with Crippen LogP contribution in [0, 0.1) is 51.2 Å². The fraction of sp³-hybridized carbons (Fsp3) is 0.963. The second-order valence-electron chi connectivity index (χ2n) is 12.3. The van der Waals surface area contributed by atoms with Gasteiger partial charge in [0.2, 0.25) is 0 Å². The summed E-state index contributed by atoms with van der Waals surface area (Å²) in [4.78, 5) is 23.5. The summed E-state index contributed by atoms with van der Waals surface area (Å²) in [7, 11) is 0. The van der Waals surface area contributed by atoms with Crippen molar-refractivity contribution in [2.24, 2.45) is 51.5 Å². The zero-order valence-corrected chi connectivity index (χ0v) is 20.6. The summed E-state index contributed by atoms with van der Waals surface area (Å²) >= 11 is 0. The molecule has 3 aliphatic carbocycles. The van der Waals surface area contributed by atoms with Gasteiger partial charge in [0.05, 0.1) is 6.04 Å². The lowest BCUT2D eigenvalue weighted by molar-refractivity contribution is -0.120. The summed E-state index contributed by atoms with van der Waals surface area (Å²) < 4.78 is 0. The smallest absolute Gasteiger partial charge is 0.129 e. The predicted octanol–water partition coefficient (Wildman–Crippen LogP) is 7.81. The van der Waals surface area contributed by atoms with Gasteiger partial charge in [-0.25, -0.2) is 0 Å². The second kappa shape index (κ2) is 9.41. The summed E-state index contributed by atoms with van der Waals surface area (Å²) in [5.41, 5.74) is 0.389. The van der Waals surface area contributed by atoms with Gasteiger partial charge in [-0.1, -0.05) is 59.1 Å². The van der Waals surface area contributed by atoms with Crippen molar-refractivity contribution in [1.29, 1.82) is 0 Å². The third-order valence-corrected chi connectivity index (χ3v) is 10.2. The van der Waals surface area contributed by atoms with Crippen molar-refractivity contribution in [3.63, 3.8) is 0 Å². The summed E-state index contributed by atoms with van der Waals surface area (Å²) in [6.45, 7) is 13.8. The lowest BCUT2D eigenvalue weighted by atomic mass is 9.47. The molecule has 0 bridgehead atoms. The Balaban J connectivity index is 1.75. The number of fused-ring (bicyclic) bond motifs is 3. The van der Waals surface area contributed by atoms with E-state index in [4.69, 9.17) is 0 Å². The third-order valence-electron chi connectivity index (χ3n) is 10.2. The minimum atomic E-state index is -0.102. The quantitative estimate of drug-likeness (QED) is 0.359. The normalized spacial score (nSPS) is 41.9. The summed E-state index contributed by atoms with van der Waals surface area (Å²) in [5, 5.41) is 3.60. The lowest BCUT2D eigenvalue weighted by Gasteiger charge is -2.58. The van der Waals surface area contributed by atoms with Crippen LogP contribution in [0.5, 0.6) is 0 Å². The standard InChI is InChI=1S/C27H47NO2/c1-18(2)8-7-9-19(3)22-11-12-23-21-10-13-25(28-30)27(6,16-14-20(4)29)24(21)15-17-26(22,23)5/h18-19,21-25H,7-17H2,1-6H3/t19-,21+,22-,23+,24+,25?,26-,27-/m1/s1. The third kappa shape index (κ3) is 4.42. The minimum absolute atomic E-state index is 0.0847. The van der Waals surface area contributed by atoms with Crippen LogP contribution >= 0.6 is 0 Å². The zero-order valence-electron chi connectivity index (χ0n) is 20.6. The first-order chi connectivity index (χ1) is 14.1. The molecule has 0 aromatic rings. The van der Waals surface area contributed by atoms with Crippen LogP contribution in [0.25, 0.3) is 0 Å². The van der Waals surface area contributed by atoms with Gasteiger partial charge in [-0.05, 0) is 98.2 Å². The van der Waals surface area contributed by atoms with Gasteiger partial charge < -0.3 is 4.79 Å². The van der Waals surface area contributed by atoms with Crippen molar-refractivity contribution >= 4 is 5.78 Å². The average molecular weight is 418 g/mol. The van der Waals surface area contributed by atoms with Crippen molar-refractivity contribution in [2.75, 3.05) is 0 Å². The number of hydrogen-bond donors (Lipinski definition) is 0. The molecule has 0 heterocycles. The monoisotopic (exact) mass is 417 g/mol. The van der Waals surface area contributed by atoms with Gasteiger partial charge in [0.25, 0.3) is 0 Å². The Hall–Kier alpha value is -0.730. The molecule has 3 heteroatoms. The maximum atomic E-state index is 11.8. The maximum Gasteiger partial charge on any atom is 0.129 e. The number of carbonyl (C=O) groups is 1. The number of Topliss-reactive ketones (excluding diaryl/α,β-unsaturated/α-hetero) is 1. The van der Waals surface area contributed by atoms with E-state index < -0.39 is 0 Å². The summed E-state index contributed by atoms with van der Waals surface area (Å²) in [5.74, 6) is 4.85. The summed E-state index contributed by atoms with van der Waals surface area (Å²) in [6, 6.07) is -0.102. The fourth-order valence-electron chi connectivity index (χ4n) is 8.43. The topological polar surface area (TPSA) is 46.5 Å². The molecule has 0 saturated heterocycles. The van der Waals surface area contributed by atoms with Crippen molar-refractivity contribution in [2.45, 2.75) is 118 Å². The van der Waals surface area contributed by atoms with E-state index in [9.17, 15) is 9.70 Å². The average Bonchev–Trinajstić information content (AvgIpc) is 3.04. The molecule has 0 aromatic heterocycles. The van der Waals surface area contributed by atoms with Gasteiger partial charge in [-0.15, -0.1) is 0 Å². The molecule has 0 spiro atoms. The Morgan fingerprint density at radius 3 is 2.37 bits per heavy atom. The molecule has 0 aromatic carbocycles. The SMILES string of the molecule is CC(=O)CC[C@@]1(C)C(N=O)CC[C@H]2[C@@H]3CC[C@H]([C@H](C)CCCC(C)C)[C@@]3(C)CC[C@@H]21. The molecule has 0 aliphatic heterocycles. The van der Waals surface area contributed by atoms with Crippen molar-refractivity contribution < 1.29 is 4.79 Å². The molecule has 3 rings (SSSR count). The van der Waals surface area contributed by atoms with Crippen LogP contribution in [-0.2, 0) is 4.79 Å². The van der Waals surface area contributed by atoms with Crippen LogP contribution in [0.4, 0.5) is 0 Å². The molecule has 1 unspecified atom stereocenters. The van der Waals surface area contributed by atoms with Crippen LogP contribution in [0.2, 0.25) is 0 Å². The van der Waals surface area contributed by atoms with Crippen LogP contribution in [0.3, 0.4) is 0 Å². The highest BCUT2D eigenvalue weighted by molar-refractivity contribution is 5.75. The van der Waals surface area contributed by atoms with E-state index >= 15 is 0 Å². The van der Waals surface area contributed by atoms with E-state index in [2.05, 4.69) is 39.8 Å². The van der Waals surface area contributed by atoms with E-state index in [1.807, 2.05) is 0 Å². The Morgan fingerprint density at radius 1 is 1.00 bits per heavy atom. The van der Waals surface area contributed by atoms with E-state index in [1.54, 1.807) is 6.92 Å². The maximum absolute atomic E-state index is 11.8. The highest BCUT2D eigenvalue weighted by Gasteiger charge is 2.60. The molecule has 3 fully saturated rings. The largest absolute Gasteiger partial charge is 0.300 e. The number of hydrogen-bond acceptors (Lipinski definition) is 3. The molecule has 8 atom stereocenters. The van der Waals surface area contributed by atoms with Crippen molar-refractivity contribution in [1.82, 2.24) is 0 Å². The van der Waals surface area contributed by atoms with Crippen LogP contribution < -0.4 is 0 Å². The highest BCUT2D eigenvalue weighted by atomic mass is 16.3. The zero-order chi connectivity index (χ0) is 22.1. The molecule has 3 saturated carbocycles. The molecular weight excluding hydrogens is 370 g/mol. The van der Waals surface area contributed by atoms with E-state index in [0.717, 1.165) is 42.4 Å². The molecule has 30 heavy (non-hydrogen) atoms. The first-order valence-electron chi connectivity index (χ1n) is 13.0. The van der Waals surface area contributed by atoms with Gasteiger partial charge >= 0.3 is 0 Å². The van der Waals surface area contributed by atoms with E-state index in [0.29, 0.717) is 17.8 Å². The van der Waals surface area contributed by atoms with Crippen molar-refractivity contribution in [3.05, 3.63) is 4.91 Å². The van der Waals surface area contributed by atoms with Crippen molar-refractivity contribution in [3.8, 4) is 0 Å².